The van der Waals surface area contributed by atoms with E-state index in [1.54, 1.807) is 18.2 Å². The molecule has 0 unspecified atom stereocenters. The van der Waals surface area contributed by atoms with Crippen molar-refractivity contribution in [2.45, 2.75) is 0 Å². The van der Waals surface area contributed by atoms with Crippen molar-refractivity contribution >= 4 is 12.0 Å². The molecule has 0 aromatic heterocycles. The lowest BCUT2D eigenvalue weighted by Gasteiger charge is -2.05. The Labute approximate surface area is 83.0 Å². The first-order valence-electron chi connectivity index (χ1n) is 4.19. The molecule has 74 valence electrons. The summed E-state index contributed by atoms with van der Waals surface area (Å²) in [5.41, 5.74) is 0.789. The molecule has 0 aliphatic heterocycles. The van der Waals surface area contributed by atoms with Crippen molar-refractivity contribution in [3.8, 4) is 5.75 Å². The molecule has 1 aromatic carbocycles. The van der Waals surface area contributed by atoms with E-state index in [9.17, 15) is 4.79 Å². The van der Waals surface area contributed by atoms with Crippen molar-refractivity contribution in [2.75, 3.05) is 13.7 Å². The van der Waals surface area contributed by atoms with Crippen LogP contribution in [0.15, 0.2) is 30.8 Å². The topological polar surface area (TPSA) is 35.5 Å². The van der Waals surface area contributed by atoms with Gasteiger partial charge in [0.15, 0.2) is 0 Å². The highest BCUT2D eigenvalue weighted by molar-refractivity contribution is 5.75. The number of hydrogen-bond donors (Lipinski definition) is 0. The molecule has 0 saturated heterocycles. The summed E-state index contributed by atoms with van der Waals surface area (Å²) in [5.74, 6) is 0.0892. The second-order valence-electron chi connectivity index (χ2n) is 2.65. The molecule has 0 heterocycles. The van der Waals surface area contributed by atoms with Crippen molar-refractivity contribution in [3.63, 3.8) is 0 Å². The van der Waals surface area contributed by atoms with Gasteiger partial charge >= 0.3 is 5.97 Å². The summed E-state index contributed by atoms with van der Waals surface area (Å²) in [6.45, 7) is 3.57. The Kier molecular flexibility index (Phi) is 3.88. The summed E-state index contributed by atoms with van der Waals surface area (Å²) >= 11 is 0. The number of ether oxygens (including phenoxy) is 2. The van der Waals surface area contributed by atoms with Crippen LogP contribution in [-0.2, 0) is 9.53 Å². The maximum Gasteiger partial charge on any atom is 0.337 e. The molecule has 1 aromatic rings. The molecule has 1 rings (SSSR count). The molecule has 0 bridgehead atoms. The van der Waals surface area contributed by atoms with Crippen molar-refractivity contribution in [1.29, 1.82) is 0 Å². The molecule has 0 aliphatic rings. The zero-order valence-corrected chi connectivity index (χ0v) is 8.03. The number of carbonyl (C=O) groups is 1. The van der Waals surface area contributed by atoms with Gasteiger partial charge < -0.3 is 9.47 Å². The number of carbonyl (C=O) groups excluding carboxylic acids is 1. The Bertz CT molecular complexity index is 331. The highest BCUT2D eigenvalue weighted by Gasteiger charge is 2.05. The van der Waals surface area contributed by atoms with E-state index in [0.29, 0.717) is 5.75 Å². The number of methoxy groups -OCH3 is 1. The molecule has 14 heavy (non-hydrogen) atoms. The first kappa shape index (κ1) is 10.5. The monoisotopic (exact) mass is 192 g/mol. The molecule has 0 saturated carbocycles. The van der Waals surface area contributed by atoms with E-state index in [2.05, 4.69) is 11.3 Å². The Morgan fingerprint density at radius 2 is 2.21 bits per heavy atom. The normalized spacial score (nSPS) is 9.50. The van der Waals surface area contributed by atoms with Gasteiger partial charge in [0.05, 0.1) is 0 Å². The summed E-state index contributed by atoms with van der Waals surface area (Å²) in [5, 5.41) is 0. The lowest BCUT2D eigenvalue weighted by atomic mass is 10.2. The van der Waals surface area contributed by atoms with Crippen LogP contribution < -0.4 is 4.74 Å². The van der Waals surface area contributed by atoms with Gasteiger partial charge in [0.25, 0.3) is 0 Å². The van der Waals surface area contributed by atoms with Crippen LogP contribution in [-0.4, -0.2) is 19.7 Å². The van der Waals surface area contributed by atoms with Gasteiger partial charge in [-0.25, -0.2) is 4.79 Å². The molecule has 3 nitrogen and oxygen atoms in total. The van der Waals surface area contributed by atoms with Crippen LogP contribution in [0.4, 0.5) is 0 Å². The van der Waals surface area contributed by atoms with E-state index in [1.165, 1.54) is 7.11 Å². The van der Waals surface area contributed by atoms with Crippen molar-refractivity contribution in [2.24, 2.45) is 0 Å². The third-order valence-corrected chi connectivity index (χ3v) is 1.62. The quantitative estimate of drug-likeness (QED) is 0.539. The minimum absolute atomic E-state index is 0.0501. The predicted molar refractivity (Wildman–Crippen MR) is 54.0 cm³/mol. The minimum Gasteiger partial charge on any atom is -0.424 e. The van der Waals surface area contributed by atoms with Gasteiger partial charge in [-0.3, -0.25) is 0 Å². The zero-order chi connectivity index (χ0) is 10.4. The summed E-state index contributed by atoms with van der Waals surface area (Å²) in [7, 11) is 1.45. The SMILES string of the molecule is C=Cc1ccccc1OC(=O)COC. The van der Waals surface area contributed by atoms with Crippen molar-refractivity contribution in [3.05, 3.63) is 36.4 Å². The number of rotatable bonds is 4. The molecular formula is C11H12O3. The first-order valence-corrected chi connectivity index (χ1v) is 4.19. The van der Waals surface area contributed by atoms with Gasteiger partial charge in [0.1, 0.15) is 12.4 Å². The molecule has 0 fully saturated rings. The number of esters is 1. The van der Waals surface area contributed by atoms with E-state index in [0.717, 1.165) is 5.56 Å². The maximum absolute atomic E-state index is 11.1. The van der Waals surface area contributed by atoms with Gasteiger partial charge in [-0.05, 0) is 6.07 Å². The third kappa shape index (κ3) is 2.71. The van der Waals surface area contributed by atoms with Gasteiger partial charge in [-0.15, -0.1) is 0 Å². The average molecular weight is 192 g/mol. The maximum atomic E-state index is 11.1. The molecule has 0 amide bonds. The van der Waals surface area contributed by atoms with Crippen LogP contribution in [0.25, 0.3) is 6.08 Å². The van der Waals surface area contributed by atoms with Gasteiger partial charge in [-0.2, -0.15) is 0 Å². The number of para-hydroxylation sites is 1. The fourth-order valence-corrected chi connectivity index (χ4v) is 1.01. The largest absolute Gasteiger partial charge is 0.424 e. The fourth-order valence-electron chi connectivity index (χ4n) is 1.01. The third-order valence-electron chi connectivity index (χ3n) is 1.62. The Balaban J connectivity index is 2.75. The molecular weight excluding hydrogens is 180 g/mol. The van der Waals surface area contributed by atoms with E-state index in [4.69, 9.17) is 4.74 Å². The Hall–Kier alpha value is -1.61. The van der Waals surface area contributed by atoms with Crippen LogP contribution >= 0.6 is 0 Å². The summed E-state index contributed by atoms with van der Waals surface area (Å²) in [6, 6.07) is 7.18. The molecule has 0 atom stereocenters. The highest BCUT2D eigenvalue weighted by atomic mass is 16.6. The Morgan fingerprint density at radius 3 is 2.86 bits per heavy atom. The minimum atomic E-state index is -0.415. The second-order valence-corrected chi connectivity index (χ2v) is 2.65. The predicted octanol–water partition coefficient (Wildman–Crippen LogP) is 1.88. The molecule has 0 spiro atoms. The summed E-state index contributed by atoms with van der Waals surface area (Å²) in [4.78, 5) is 11.1. The van der Waals surface area contributed by atoms with Crippen LogP contribution in [0.2, 0.25) is 0 Å². The highest BCUT2D eigenvalue weighted by Crippen LogP contribution is 2.18. The summed E-state index contributed by atoms with van der Waals surface area (Å²) < 4.78 is 9.69. The number of hydrogen-bond acceptors (Lipinski definition) is 3. The first-order chi connectivity index (χ1) is 6.77. The van der Waals surface area contributed by atoms with Gasteiger partial charge in [0, 0.05) is 12.7 Å². The standard InChI is InChI=1S/C11H12O3/c1-3-9-6-4-5-7-10(9)14-11(12)8-13-2/h3-7H,1,8H2,2H3. The van der Waals surface area contributed by atoms with E-state index in [-0.39, 0.29) is 6.61 Å². The Morgan fingerprint density at radius 1 is 1.50 bits per heavy atom. The van der Waals surface area contributed by atoms with Gasteiger partial charge in [-0.1, -0.05) is 30.9 Å². The van der Waals surface area contributed by atoms with Crippen LogP contribution in [0.5, 0.6) is 5.75 Å². The van der Waals surface area contributed by atoms with Crippen LogP contribution in [0.3, 0.4) is 0 Å². The van der Waals surface area contributed by atoms with Gasteiger partial charge in [0.2, 0.25) is 0 Å². The van der Waals surface area contributed by atoms with Crippen LogP contribution in [0, 0.1) is 0 Å². The second kappa shape index (κ2) is 5.19. The molecule has 0 aliphatic carbocycles. The zero-order valence-electron chi connectivity index (χ0n) is 8.03. The van der Waals surface area contributed by atoms with E-state index < -0.39 is 5.97 Å². The van der Waals surface area contributed by atoms with E-state index >= 15 is 0 Å². The van der Waals surface area contributed by atoms with Crippen molar-refractivity contribution in [1.82, 2.24) is 0 Å². The smallest absolute Gasteiger partial charge is 0.337 e. The number of benzene rings is 1. The fraction of sp³-hybridized carbons (Fsp3) is 0.182. The molecule has 0 N–H and O–H groups in total. The lowest BCUT2D eigenvalue weighted by molar-refractivity contribution is -0.138. The van der Waals surface area contributed by atoms with Crippen LogP contribution in [0.1, 0.15) is 5.56 Å². The lowest BCUT2D eigenvalue weighted by Crippen LogP contribution is -2.14. The summed E-state index contributed by atoms with van der Waals surface area (Å²) in [6.07, 6.45) is 1.63. The van der Waals surface area contributed by atoms with Crippen molar-refractivity contribution < 1.29 is 14.3 Å². The van der Waals surface area contributed by atoms with E-state index in [1.807, 2.05) is 12.1 Å². The molecule has 0 radical (unpaired) electrons. The average Bonchev–Trinajstić information content (AvgIpc) is 2.19. The molecule has 3 heteroatoms.